The molecule has 6 aromatic heterocycles. The van der Waals surface area contributed by atoms with E-state index >= 15 is 0 Å². The van der Waals surface area contributed by atoms with Crippen LogP contribution in [0, 0.1) is 0 Å². The molecule has 6 aromatic rings. The van der Waals surface area contributed by atoms with Crippen LogP contribution in [0.3, 0.4) is 0 Å². The molecule has 0 fully saturated rings. The molecule has 3 aliphatic heterocycles. The van der Waals surface area contributed by atoms with E-state index in [-0.39, 0.29) is 146 Å². The second-order valence-corrected chi connectivity index (χ2v) is 30.4. The predicted molar refractivity (Wildman–Crippen MR) is 409 cm³/mol. The lowest BCUT2D eigenvalue weighted by atomic mass is 9.77. The minimum Gasteiger partial charge on any atom is -0.481 e. The predicted octanol–water partition coefficient (Wildman–Crippen LogP) is 2.78. The van der Waals surface area contributed by atoms with Crippen molar-refractivity contribution >= 4 is 107 Å². The number of carbonyl (C=O) groups is 18. The average Bonchev–Trinajstić information content (AvgIpc) is 1.59. The maximum Gasteiger partial charge on any atom is 0.307 e. The highest BCUT2D eigenvalue weighted by atomic mass is 16.4. The number of fused-ring (bicyclic) bond motifs is 12. The third kappa shape index (κ3) is 22.3. The van der Waals surface area contributed by atoms with Gasteiger partial charge in [0.25, 0.3) is 0 Å². The standard InChI is InChI=1S/C80H88N8O34/c89-61(90)9-1-33-41(17-69(105)106)53-27-51-35(3-11-63(93)94)45(21-73(113)114)59(83-51)31-80(48(24-76(119)120)40(78(122)88-80)8-16-68(103)104)30-58-38(6-14-66(99)100)44(20-72(111)112)56(86-58)26-50-34(2-10-62(91)92)42(18-70(107)108)54(82-50)28-52-36(4-12-64(95)96)46(22-74(115)116)60(84-52)32-79(47(23-75(117)118)39(77(121)87-79)7-15-67(101)102)29-57-37(5-13-65(97)98)43(19-71(109)110)55(85-57)25-49(33)81-53/h81-86H,1-32H2,(H,87,121)(H,88,122)(H,89,90)(H,91,92)(H,93,94)(H,95,96)(H,97,98)(H,99,100)(H,101,102)(H,103,104)(H,105,106)(H,107,108)(H,109,110)(H,111,112)(H,113,114)(H,115,116)(H,117,118)(H,119,120). The third-order valence-corrected chi connectivity index (χ3v) is 22.2. The van der Waals surface area contributed by atoms with Crippen LogP contribution in [0.2, 0.25) is 0 Å². The van der Waals surface area contributed by atoms with E-state index in [1.807, 2.05) is 0 Å². The highest BCUT2D eigenvalue weighted by Gasteiger charge is 2.50. The Morgan fingerprint density at radius 1 is 0.205 bits per heavy atom. The Hall–Kier alpha value is -14.4. The van der Waals surface area contributed by atoms with Gasteiger partial charge in [0.1, 0.15) is 0 Å². The molecule has 12 bridgehead atoms. The van der Waals surface area contributed by atoms with E-state index in [0.717, 1.165) is 0 Å². The third-order valence-electron chi connectivity index (χ3n) is 22.2. The molecule has 0 radical (unpaired) electrons. The Morgan fingerprint density at radius 3 is 0.549 bits per heavy atom. The summed E-state index contributed by atoms with van der Waals surface area (Å²) in [5.41, 5.74) is -10.4. The number of aromatic amines is 6. The van der Waals surface area contributed by atoms with E-state index in [4.69, 9.17) is 0 Å². The Bertz CT molecular complexity index is 5080. The van der Waals surface area contributed by atoms with Crippen molar-refractivity contribution < 1.29 is 168 Å². The molecule has 2 amide bonds. The fraction of sp³-hybridized carbons (Fsp3) is 0.425. The van der Waals surface area contributed by atoms with Crippen LogP contribution in [-0.2, 0) is 215 Å². The smallest absolute Gasteiger partial charge is 0.307 e. The summed E-state index contributed by atoms with van der Waals surface area (Å²) in [6, 6.07) is 0. The van der Waals surface area contributed by atoms with Crippen molar-refractivity contribution in [1.29, 1.82) is 0 Å². The molecule has 122 heavy (non-hydrogen) atoms. The number of rotatable bonds is 40. The van der Waals surface area contributed by atoms with Crippen LogP contribution in [-0.4, -0.2) is 230 Å². The molecule has 0 saturated carbocycles. The topological polar surface area (TPSA) is 750 Å². The zero-order valence-corrected chi connectivity index (χ0v) is 65.1. The van der Waals surface area contributed by atoms with Gasteiger partial charge in [-0.3, -0.25) is 86.3 Å². The van der Waals surface area contributed by atoms with E-state index in [1.54, 1.807) is 0 Å². The second-order valence-electron chi connectivity index (χ2n) is 30.4. The monoisotopic (exact) mass is 1700 g/mol. The van der Waals surface area contributed by atoms with Crippen LogP contribution in [0.5, 0.6) is 0 Å². The first kappa shape index (κ1) is 91.5. The number of carboxylic acids is 16. The first-order valence-electron chi connectivity index (χ1n) is 38.2. The van der Waals surface area contributed by atoms with Crippen molar-refractivity contribution in [3.8, 4) is 0 Å². The fourth-order valence-corrected chi connectivity index (χ4v) is 17.5. The van der Waals surface area contributed by atoms with Gasteiger partial charge in [-0.2, -0.15) is 0 Å². The van der Waals surface area contributed by atoms with E-state index < -0.39 is 335 Å². The molecular formula is C80H88N8O34. The van der Waals surface area contributed by atoms with Gasteiger partial charge in [0.15, 0.2) is 0 Å². The van der Waals surface area contributed by atoms with Crippen LogP contribution in [0.25, 0.3) is 0 Å². The van der Waals surface area contributed by atoms with Gasteiger partial charge in [-0.15, -0.1) is 0 Å². The highest BCUT2D eigenvalue weighted by Crippen LogP contribution is 2.45. The summed E-state index contributed by atoms with van der Waals surface area (Å²) in [5, 5.41) is 175. The summed E-state index contributed by atoms with van der Waals surface area (Å²) in [6.45, 7) is 0. The number of carbonyl (C=O) groups excluding carboxylic acids is 2. The largest absolute Gasteiger partial charge is 0.481 e. The summed E-state index contributed by atoms with van der Waals surface area (Å²) in [7, 11) is 0. The number of aromatic nitrogens is 6. The van der Waals surface area contributed by atoms with Gasteiger partial charge >= 0.3 is 95.5 Å². The van der Waals surface area contributed by atoms with Crippen molar-refractivity contribution in [2.45, 2.75) is 217 Å². The zero-order valence-electron chi connectivity index (χ0n) is 65.1. The summed E-state index contributed by atoms with van der Waals surface area (Å²) >= 11 is 0. The van der Waals surface area contributed by atoms with Crippen molar-refractivity contribution in [3.05, 3.63) is 157 Å². The van der Waals surface area contributed by atoms with Crippen LogP contribution >= 0.6 is 0 Å². The van der Waals surface area contributed by atoms with Crippen LogP contribution in [0.4, 0.5) is 0 Å². The zero-order chi connectivity index (χ0) is 89.8. The molecule has 3 aliphatic rings. The minimum absolute atomic E-state index is 0.0809. The number of aliphatic carboxylic acids is 16. The normalized spacial score (nSPS) is 16.0. The molecule has 2 spiro atoms. The molecule has 24 N–H and O–H groups in total. The van der Waals surface area contributed by atoms with Crippen LogP contribution in [0.15, 0.2) is 22.3 Å². The number of hydrogen-bond donors (Lipinski definition) is 24. The molecule has 42 heteroatoms. The van der Waals surface area contributed by atoms with Gasteiger partial charge in [-0.05, 0) is 129 Å². The quantitative estimate of drug-likeness (QED) is 0.0263. The minimum atomic E-state index is -2.33. The molecule has 2 atom stereocenters. The lowest BCUT2D eigenvalue weighted by molar-refractivity contribution is -0.138. The van der Waals surface area contributed by atoms with E-state index in [0.29, 0.717) is 0 Å². The number of nitrogens with one attached hydrogen (secondary N) is 8. The molecule has 42 nitrogen and oxygen atoms in total. The molecule has 2 unspecified atom stereocenters. The number of hydrogen-bond acceptors (Lipinski definition) is 18. The average molecular weight is 1710 g/mol. The number of carboxylic acid groups (broad SMARTS) is 16. The van der Waals surface area contributed by atoms with Crippen LogP contribution < -0.4 is 10.6 Å². The molecule has 0 aromatic carbocycles. The van der Waals surface area contributed by atoms with Gasteiger partial charge in [0.05, 0.1) is 62.4 Å². The van der Waals surface area contributed by atoms with Crippen molar-refractivity contribution in [3.63, 3.8) is 0 Å². The SMILES string of the molecule is O=C(O)CCC1=C(CC(=O)O)C2(Cc3[nH]c(c(CC(=O)O)c3CCC(=O)O)Cc3[nH]c(c(CC(=O)O)c3CCC(=O)O)Cc3[nH]c(c(CC(=O)O)c3CCC(=O)O)CC3(Cc4[nH]c(c(CC(=O)O)c4CCC(=O)O)Cc4[nH]c(c(CC(=O)O)c4CCC(=O)O)Cc4[nH]c(c(CC(=O)O)c4CCC(=O)O)C2)NC(=O)C(CCC(=O)O)=C3CC(=O)O)NC1=O. The van der Waals surface area contributed by atoms with E-state index in [1.165, 1.54) is 0 Å². The van der Waals surface area contributed by atoms with E-state index in [2.05, 4.69) is 40.5 Å². The summed E-state index contributed by atoms with van der Waals surface area (Å²) in [5.74, 6) is -27.0. The Kier molecular flexibility index (Phi) is 28.9. The Balaban J connectivity index is 1.51. The van der Waals surface area contributed by atoms with Gasteiger partial charge in [-0.25, -0.2) is 0 Å². The molecule has 9 heterocycles. The first-order chi connectivity index (χ1) is 57.3. The van der Waals surface area contributed by atoms with E-state index in [9.17, 15) is 168 Å². The highest BCUT2D eigenvalue weighted by molar-refractivity contribution is 6.01. The summed E-state index contributed by atoms with van der Waals surface area (Å²) in [4.78, 5) is 257. The van der Waals surface area contributed by atoms with Crippen LogP contribution in [0.1, 0.15) is 212 Å². The van der Waals surface area contributed by atoms with Gasteiger partial charge in [-0.1, -0.05) is 0 Å². The molecule has 652 valence electrons. The second kappa shape index (κ2) is 38.6. The lowest BCUT2D eigenvalue weighted by Crippen LogP contribution is -2.49. The Labute approximate surface area is 687 Å². The fourth-order valence-electron chi connectivity index (χ4n) is 17.5. The van der Waals surface area contributed by atoms with Gasteiger partial charge in [0, 0.05) is 182 Å². The van der Waals surface area contributed by atoms with Gasteiger partial charge < -0.3 is 122 Å². The number of H-pyrrole nitrogens is 6. The van der Waals surface area contributed by atoms with Crippen molar-refractivity contribution in [2.24, 2.45) is 0 Å². The molecular weight excluding hydrogens is 1620 g/mol. The number of amides is 2. The maximum absolute atomic E-state index is 14.9. The van der Waals surface area contributed by atoms with Gasteiger partial charge in [0.2, 0.25) is 11.8 Å². The van der Waals surface area contributed by atoms with Crippen molar-refractivity contribution in [2.75, 3.05) is 0 Å². The first-order valence-corrected chi connectivity index (χ1v) is 38.2. The van der Waals surface area contributed by atoms with Crippen molar-refractivity contribution in [1.82, 2.24) is 40.5 Å². The maximum atomic E-state index is 14.9. The lowest BCUT2D eigenvalue weighted by Gasteiger charge is -2.33. The molecule has 9 rings (SSSR count). The molecule has 0 saturated heterocycles. The summed E-state index contributed by atoms with van der Waals surface area (Å²) in [6.07, 6.45) is -25.6. The molecule has 0 aliphatic carbocycles. The Morgan fingerprint density at radius 2 is 0.361 bits per heavy atom. The summed E-state index contributed by atoms with van der Waals surface area (Å²) < 4.78 is 0.